The SMILES string of the molecule is NNC(=O)c1ccc(Cn2c(=O)ccc3ccccc32)o1. The molecule has 3 N–H and O–H groups in total. The first-order valence-electron chi connectivity index (χ1n) is 6.37. The number of carbonyl (C=O) groups is 1. The molecular weight excluding hydrogens is 270 g/mol. The van der Waals surface area contributed by atoms with Gasteiger partial charge in [-0.25, -0.2) is 5.84 Å². The van der Waals surface area contributed by atoms with Gasteiger partial charge in [-0.3, -0.25) is 15.0 Å². The summed E-state index contributed by atoms with van der Waals surface area (Å²) in [5.41, 5.74) is 2.68. The number of pyridine rings is 1. The zero-order valence-corrected chi connectivity index (χ0v) is 11.1. The minimum Gasteiger partial charge on any atom is -0.454 e. The van der Waals surface area contributed by atoms with E-state index in [0.717, 1.165) is 10.9 Å². The molecule has 6 nitrogen and oxygen atoms in total. The second-order valence-corrected chi connectivity index (χ2v) is 4.56. The molecule has 2 aromatic heterocycles. The van der Waals surface area contributed by atoms with Crippen LogP contribution in [0.1, 0.15) is 16.3 Å². The van der Waals surface area contributed by atoms with Gasteiger partial charge < -0.3 is 8.98 Å². The lowest BCUT2D eigenvalue weighted by molar-refractivity contribution is 0.0924. The average molecular weight is 283 g/mol. The molecular formula is C15H13N3O3. The second-order valence-electron chi connectivity index (χ2n) is 4.56. The number of nitrogens with one attached hydrogen (secondary N) is 1. The van der Waals surface area contributed by atoms with Gasteiger partial charge in [0.2, 0.25) is 0 Å². The summed E-state index contributed by atoms with van der Waals surface area (Å²) in [6, 6.07) is 14.0. The van der Waals surface area contributed by atoms with E-state index in [2.05, 4.69) is 0 Å². The number of amides is 1. The van der Waals surface area contributed by atoms with Crippen LogP contribution in [0, 0.1) is 0 Å². The molecule has 1 aromatic carbocycles. The normalized spacial score (nSPS) is 10.7. The fraction of sp³-hybridized carbons (Fsp3) is 0.0667. The van der Waals surface area contributed by atoms with Gasteiger partial charge in [0, 0.05) is 6.07 Å². The Bertz CT molecular complexity index is 864. The third kappa shape index (κ3) is 2.44. The first-order valence-corrected chi connectivity index (χ1v) is 6.37. The molecule has 0 spiro atoms. The van der Waals surface area contributed by atoms with E-state index in [9.17, 15) is 9.59 Å². The highest BCUT2D eigenvalue weighted by molar-refractivity contribution is 5.90. The number of rotatable bonds is 3. The van der Waals surface area contributed by atoms with E-state index < -0.39 is 5.91 Å². The van der Waals surface area contributed by atoms with Crippen LogP contribution in [0.15, 0.2) is 57.7 Å². The molecule has 1 amide bonds. The van der Waals surface area contributed by atoms with E-state index in [4.69, 9.17) is 10.3 Å². The van der Waals surface area contributed by atoms with Crippen molar-refractivity contribution < 1.29 is 9.21 Å². The van der Waals surface area contributed by atoms with Crippen molar-refractivity contribution >= 4 is 16.8 Å². The standard InChI is InChI=1S/C15H13N3O3/c16-17-15(20)13-7-6-11(21-13)9-18-12-4-2-1-3-10(12)5-8-14(18)19/h1-8H,9,16H2,(H,17,20). The Morgan fingerprint density at radius 3 is 2.76 bits per heavy atom. The van der Waals surface area contributed by atoms with Crippen LogP contribution in [0.25, 0.3) is 10.9 Å². The third-order valence-corrected chi connectivity index (χ3v) is 3.23. The van der Waals surface area contributed by atoms with Crippen molar-refractivity contribution in [3.63, 3.8) is 0 Å². The summed E-state index contributed by atoms with van der Waals surface area (Å²) in [6.07, 6.45) is 0. The number of hydrogen-bond acceptors (Lipinski definition) is 4. The lowest BCUT2D eigenvalue weighted by atomic mass is 10.2. The van der Waals surface area contributed by atoms with Crippen molar-refractivity contribution in [3.05, 3.63) is 70.4 Å². The number of aromatic nitrogens is 1. The largest absolute Gasteiger partial charge is 0.454 e. The monoisotopic (exact) mass is 283 g/mol. The lowest BCUT2D eigenvalue weighted by Gasteiger charge is -2.08. The van der Waals surface area contributed by atoms with Crippen molar-refractivity contribution in [1.82, 2.24) is 9.99 Å². The van der Waals surface area contributed by atoms with Crippen LogP contribution >= 0.6 is 0 Å². The lowest BCUT2D eigenvalue weighted by Crippen LogP contribution is -2.29. The van der Waals surface area contributed by atoms with Gasteiger partial charge in [0.15, 0.2) is 5.76 Å². The molecule has 0 saturated heterocycles. The average Bonchev–Trinajstić information content (AvgIpc) is 2.98. The highest BCUT2D eigenvalue weighted by Gasteiger charge is 2.11. The minimum absolute atomic E-state index is 0.112. The van der Waals surface area contributed by atoms with Crippen LogP contribution in [0.3, 0.4) is 0 Å². The summed E-state index contributed by atoms with van der Waals surface area (Å²) in [5.74, 6) is 5.16. The maximum Gasteiger partial charge on any atom is 0.300 e. The number of nitrogens with zero attached hydrogens (tertiary/aromatic N) is 1. The fourth-order valence-corrected chi connectivity index (χ4v) is 2.22. The van der Waals surface area contributed by atoms with Crippen molar-refractivity contribution in [2.24, 2.45) is 5.84 Å². The number of nitrogen functional groups attached to an aromatic ring is 1. The van der Waals surface area contributed by atoms with E-state index in [1.165, 1.54) is 12.1 Å². The Hall–Kier alpha value is -2.86. The van der Waals surface area contributed by atoms with Gasteiger partial charge in [-0.2, -0.15) is 0 Å². The Labute approximate surface area is 119 Å². The number of carbonyl (C=O) groups excluding carboxylic acids is 1. The van der Waals surface area contributed by atoms with E-state index in [0.29, 0.717) is 5.76 Å². The first kappa shape index (κ1) is 13.1. The van der Waals surface area contributed by atoms with Gasteiger partial charge in [0.25, 0.3) is 5.56 Å². The predicted molar refractivity (Wildman–Crippen MR) is 77.7 cm³/mol. The maximum atomic E-state index is 12.1. The van der Waals surface area contributed by atoms with Gasteiger partial charge in [0.1, 0.15) is 5.76 Å². The van der Waals surface area contributed by atoms with Crippen molar-refractivity contribution in [2.45, 2.75) is 6.54 Å². The molecule has 0 bridgehead atoms. The summed E-state index contributed by atoms with van der Waals surface area (Å²) in [4.78, 5) is 23.4. The molecule has 6 heteroatoms. The zero-order chi connectivity index (χ0) is 14.8. The quantitative estimate of drug-likeness (QED) is 0.430. The fourth-order valence-electron chi connectivity index (χ4n) is 2.22. The van der Waals surface area contributed by atoms with Gasteiger partial charge in [-0.05, 0) is 29.7 Å². The number of nitrogens with two attached hydrogens (primary N) is 1. The Balaban J connectivity index is 2.02. The number of benzene rings is 1. The topological polar surface area (TPSA) is 90.3 Å². The van der Waals surface area contributed by atoms with E-state index in [1.54, 1.807) is 16.7 Å². The molecule has 0 saturated carbocycles. The van der Waals surface area contributed by atoms with Crippen LogP contribution in [-0.4, -0.2) is 10.5 Å². The molecule has 0 aliphatic rings. The number of hydrazine groups is 1. The molecule has 2 heterocycles. The summed E-state index contributed by atoms with van der Waals surface area (Å²) in [5, 5.41) is 0.962. The van der Waals surface area contributed by atoms with E-state index >= 15 is 0 Å². The molecule has 0 aliphatic heterocycles. The summed E-state index contributed by atoms with van der Waals surface area (Å²) in [7, 11) is 0. The number of para-hydroxylation sites is 1. The van der Waals surface area contributed by atoms with Crippen LogP contribution in [0.5, 0.6) is 0 Å². The molecule has 21 heavy (non-hydrogen) atoms. The molecule has 0 unspecified atom stereocenters. The molecule has 0 radical (unpaired) electrons. The first-order chi connectivity index (χ1) is 10.2. The third-order valence-electron chi connectivity index (χ3n) is 3.23. The zero-order valence-electron chi connectivity index (χ0n) is 11.1. The summed E-state index contributed by atoms with van der Waals surface area (Å²) < 4.78 is 6.99. The van der Waals surface area contributed by atoms with Crippen LogP contribution < -0.4 is 16.8 Å². The molecule has 0 aliphatic carbocycles. The minimum atomic E-state index is -0.508. The maximum absolute atomic E-state index is 12.1. The molecule has 0 fully saturated rings. The van der Waals surface area contributed by atoms with Gasteiger partial charge in [-0.1, -0.05) is 18.2 Å². The number of furan rings is 1. The van der Waals surface area contributed by atoms with E-state index in [1.807, 2.05) is 29.7 Å². The summed E-state index contributed by atoms with van der Waals surface area (Å²) in [6.45, 7) is 0.248. The predicted octanol–water partition coefficient (Wildman–Crippen LogP) is 1.25. The van der Waals surface area contributed by atoms with Crippen LogP contribution in [0.4, 0.5) is 0 Å². The van der Waals surface area contributed by atoms with Crippen molar-refractivity contribution in [1.29, 1.82) is 0 Å². The second kappa shape index (κ2) is 5.26. The molecule has 3 aromatic rings. The molecule has 3 rings (SSSR count). The molecule has 0 atom stereocenters. The van der Waals surface area contributed by atoms with Gasteiger partial charge in [-0.15, -0.1) is 0 Å². The summed E-state index contributed by atoms with van der Waals surface area (Å²) >= 11 is 0. The number of hydrogen-bond donors (Lipinski definition) is 2. The van der Waals surface area contributed by atoms with Gasteiger partial charge >= 0.3 is 5.91 Å². The smallest absolute Gasteiger partial charge is 0.300 e. The highest BCUT2D eigenvalue weighted by Crippen LogP contribution is 2.14. The van der Waals surface area contributed by atoms with Gasteiger partial charge in [0.05, 0.1) is 12.1 Å². The Morgan fingerprint density at radius 1 is 1.14 bits per heavy atom. The Morgan fingerprint density at radius 2 is 1.95 bits per heavy atom. The van der Waals surface area contributed by atoms with Crippen LogP contribution in [-0.2, 0) is 6.54 Å². The van der Waals surface area contributed by atoms with Crippen LogP contribution in [0.2, 0.25) is 0 Å². The van der Waals surface area contributed by atoms with Crippen molar-refractivity contribution in [3.8, 4) is 0 Å². The highest BCUT2D eigenvalue weighted by atomic mass is 16.4. The molecule has 106 valence electrons. The van der Waals surface area contributed by atoms with Crippen molar-refractivity contribution in [2.75, 3.05) is 0 Å². The van der Waals surface area contributed by atoms with E-state index in [-0.39, 0.29) is 17.9 Å². The Kier molecular flexibility index (Phi) is 3.29. The number of fused-ring (bicyclic) bond motifs is 1.